The van der Waals surface area contributed by atoms with E-state index in [9.17, 15) is 9.59 Å². The lowest BCUT2D eigenvalue weighted by atomic mass is 9.85. The van der Waals surface area contributed by atoms with Crippen LogP contribution in [0, 0.1) is 12.8 Å². The van der Waals surface area contributed by atoms with Crippen LogP contribution in [-0.2, 0) is 9.59 Å². The van der Waals surface area contributed by atoms with Crippen LogP contribution in [0.1, 0.15) is 17.0 Å². The van der Waals surface area contributed by atoms with E-state index in [4.69, 9.17) is 4.74 Å². The van der Waals surface area contributed by atoms with Crippen molar-refractivity contribution < 1.29 is 14.3 Å². The van der Waals surface area contributed by atoms with E-state index in [1.807, 2.05) is 25.1 Å². The summed E-state index contributed by atoms with van der Waals surface area (Å²) in [5.74, 6) is -0.429. The molecule has 1 aromatic rings. The van der Waals surface area contributed by atoms with E-state index in [0.29, 0.717) is 0 Å². The van der Waals surface area contributed by atoms with Crippen molar-refractivity contribution in [2.24, 2.45) is 5.92 Å². The minimum Gasteiger partial charge on any atom is -0.492 e. The number of fused-ring (bicyclic) bond motifs is 3. The van der Waals surface area contributed by atoms with Gasteiger partial charge < -0.3 is 4.74 Å². The second-order valence-corrected chi connectivity index (χ2v) is 4.29. The van der Waals surface area contributed by atoms with Gasteiger partial charge in [0.15, 0.2) is 0 Å². The molecule has 2 aliphatic heterocycles. The van der Waals surface area contributed by atoms with E-state index in [0.717, 1.165) is 16.9 Å². The zero-order chi connectivity index (χ0) is 11.3. The molecule has 0 spiro atoms. The number of hydrogen-bond donors (Lipinski definition) is 1. The zero-order valence-corrected chi connectivity index (χ0v) is 8.82. The van der Waals surface area contributed by atoms with Crippen LogP contribution in [0.15, 0.2) is 18.2 Å². The fourth-order valence-corrected chi connectivity index (χ4v) is 2.38. The maximum absolute atomic E-state index is 11.7. The van der Waals surface area contributed by atoms with Crippen LogP contribution in [-0.4, -0.2) is 18.4 Å². The lowest BCUT2D eigenvalue weighted by Gasteiger charge is -2.25. The highest BCUT2D eigenvalue weighted by Crippen LogP contribution is 2.40. The Balaban J connectivity index is 2.14. The number of hydrogen-bond acceptors (Lipinski definition) is 3. The fourth-order valence-electron chi connectivity index (χ4n) is 2.38. The molecule has 0 radical (unpaired) electrons. The molecule has 4 heteroatoms. The highest BCUT2D eigenvalue weighted by molar-refractivity contribution is 6.08. The molecule has 1 fully saturated rings. The van der Waals surface area contributed by atoms with Crippen LogP contribution in [0.2, 0.25) is 0 Å². The van der Waals surface area contributed by atoms with Crippen LogP contribution < -0.4 is 10.1 Å². The Labute approximate surface area is 92.6 Å². The summed E-state index contributed by atoms with van der Waals surface area (Å²) in [7, 11) is 0. The molecule has 16 heavy (non-hydrogen) atoms. The van der Waals surface area contributed by atoms with Gasteiger partial charge in [0.25, 0.3) is 0 Å². The van der Waals surface area contributed by atoms with Gasteiger partial charge in [-0.15, -0.1) is 0 Å². The monoisotopic (exact) mass is 217 g/mol. The van der Waals surface area contributed by atoms with Gasteiger partial charge in [-0.3, -0.25) is 14.9 Å². The molecule has 82 valence electrons. The smallest absolute Gasteiger partial charge is 0.235 e. The first-order valence-electron chi connectivity index (χ1n) is 5.25. The van der Waals surface area contributed by atoms with Crippen molar-refractivity contribution in [3.05, 3.63) is 29.3 Å². The normalized spacial score (nSPS) is 26.8. The summed E-state index contributed by atoms with van der Waals surface area (Å²) in [5, 5.41) is 2.36. The van der Waals surface area contributed by atoms with Crippen LogP contribution in [0.25, 0.3) is 0 Å². The van der Waals surface area contributed by atoms with Gasteiger partial charge >= 0.3 is 0 Å². The molecule has 2 aliphatic rings. The number of rotatable bonds is 0. The first-order chi connectivity index (χ1) is 7.66. The second kappa shape index (κ2) is 3.07. The molecule has 0 saturated carbocycles. The Kier molecular flexibility index (Phi) is 1.80. The molecule has 2 amide bonds. The largest absolute Gasteiger partial charge is 0.492 e. The van der Waals surface area contributed by atoms with E-state index >= 15 is 0 Å². The zero-order valence-electron chi connectivity index (χ0n) is 8.82. The quantitative estimate of drug-likeness (QED) is 0.652. The maximum Gasteiger partial charge on any atom is 0.235 e. The Morgan fingerprint density at radius 1 is 1.31 bits per heavy atom. The molecule has 2 atom stereocenters. The predicted molar refractivity (Wildman–Crippen MR) is 56.1 cm³/mol. The molecule has 1 aromatic carbocycles. The van der Waals surface area contributed by atoms with Crippen molar-refractivity contribution in [1.82, 2.24) is 5.32 Å². The first kappa shape index (κ1) is 9.39. The molecule has 1 saturated heterocycles. The highest BCUT2D eigenvalue weighted by Gasteiger charge is 2.46. The summed E-state index contributed by atoms with van der Waals surface area (Å²) in [5.41, 5.74) is 1.90. The molecule has 4 nitrogen and oxygen atoms in total. The van der Waals surface area contributed by atoms with Gasteiger partial charge in [-0.2, -0.15) is 0 Å². The summed E-state index contributed by atoms with van der Waals surface area (Å²) >= 11 is 0. The summed E-state index contributed by atoms with van der Waals surface area (Å²) in [6.07, 6.45) is 0. The van der Waals surface area contributed by atoms with Crippen molar-refractivity contribution >= 4 is 11.8 Å². The lowest BCUT2D eigenvalue weighted by Crippen LogP contribution is -2.28. The molecule has 0 bridgehead atoms. The van der Waals surface area contributed by atoms with Gasteiger partial charge in [-0.1, -0.05) is 17.7 Å². The summed E-state index contributed by atoms with van der Waals surface area (Å²) < 4.78 is 5.50. The van der Waals surface area contributed by atoms with E-state index in [1.165, 1.54) is 0 Å². The van der Waals surface area contributed by atoms with E-state index < -0.39 is 0 Å². The van der Waals surface area contributed by atoms with Gasteiger partial charge in [0.1, 0.15) is 12.4 Å². The molecule has 3 rings (SSSR count). The SMILES string of the molecule is Cc1ccc2c(c1)[C@H]1C(=O)NC(=O)[C@H]1CO2. The van der Waals surface area contributed by atoms with Crippen molar-refractivity contribution in [1.29, 1.82) is 0 Å². The van der Waals surface area contributed by atoms with Gasteiger partial charge in [0.05, 0.1) is 11.8 Å². The minimum absolute atomic E-state index is 0.204. The molecule has 0 aliphatic carbocycles. The Morgan fingerprint density at radius 3 is 2.94 bits per heavy atom. The highest BCUT2D eigenvalue weighted by atomic mass is 16.5. The van der Waals surface area contributed by atoms with Crippen LogP contribution in [0.4, 0.5) is 0 Å². The Morgan fingerprint density at radius 2 is 2.12 bits per heavy atom. The van der Waals surface area contributed by atoms with Crippen LogP contribution in [0.3, 0.4) is 0 Å². The predicted octanol–water partition coefficient (Wildman–Crippen LogP) is 0.744. The van der Waals surface area contributed by atoms with Crippen LogP contribution >= 0.6 is 0 Å². The number of ether oxygens (including phenoxy) is 1. The van der Waals surface area contributed by atoms with Gasteiger partial charge in [-0.05, 0) is 13.0 Å². The number of carbonyl (C=O) groups is 2. The Bertz CT molecular complexity index is 495. The lowest BCUT2D eigenvalue weighted by molar-refractivity contribution is -0.126. The van der Waals surface area contributed by atoms with Gasteiger partial charge in [0.2, 0.25) is 11.8 Å². The van der Waals surface area contributed by atoms with E-state index in [1.54, 1.807) is 0 Å². The van der Waals surface area contributed by atoms with Crippen molar-refractivity contribution in [2.45, 2.75) is 12.8 Å². The van der Waals surface area contributed by atoms with Crippen LogP contribution in [0.5, 0.6) is 5.75 Å². The minimum atomic E-state index is -0.365. The standard InChI is InChI=1S/C12H11NO3/c1-6-2-3-9-7(4-6)10-8(5-16-9)11(14)13-12(10)15/h2-4,8,10H,5H2,1H3,(H,13,14,15)/t8-,10+/m0/s1. The first-order valence-corrected chi connectivity index (χ1v) is 5.25. The average molecular weight is 217 g/mol. The summed E-state index contributed by atoms with van der Waals surface area (Å²) in [6, 6.07) is 5.72. The number of imide groups is 1. The van der Waals surface area contributed by atoms with Gasteiger partial charge in [-0.25, -0.2) is 0 Å². The third-order valence-corrected chi connectivity index (χ3v) is 3.19. The number of amides is 2. The number of carbonyl (C=O) groups excluding carboxylic acids is 2. The number of benzene rings is 1. The van der Waals surface area contributed by atoms with E-state index in [-0.39, 0.29) is 30.3 Å². The molecule has 0 unspecified atom stereocenters. The van der Waals surface area contributed by atoms with Crippen molar-refractivity contribution in [3.63, 3.8) is 0 Å². The average Bonchev–Trinajstić information content (AvgIpc) is 2.54. The number of aryl methyl sites for hydroxylation is 1. The number of nitrogens with one attached hydrogen (secondary N) is 1. The fraction of sp³-hybridized carbons (Fsp3) is 0.333. The third kappa shape index (κ3) is 1.16. The summed E-state index contributed by atoms with van der Waals surface area (Å²) in [6.45, 7) is 2.25. The summed E-state index contributed by atoms with van der Waals surface area (Å²) in [4.78, 5) is 23.2. The van der Waals surface area contributed by atoms with E-state index in [2.05, 4.69) is 5.32 Å². The third-order valence-electron chi connectivity index (χ3n) is 3.19. The Hall–Kier alpha value is -1.84. The molecular formula is C12H11NO3. The maximum atomic E-state index is 11.7. The molecule has 2 heterocycles. The molecule has 0 aromatic heterocycles. The molecular weight excluding hydrogens is 206 g/mol. The molecule has 1 N–H and O–H groups in total. The van der Waals surface area contributed by atoms with Crippen molar-refractivity contribution in [2.75, 3.05) is 6.61 Å². The topological polar surface area (TPSA) is 55.4 Å². The van der Waals surface area contributed by atoms with Crippen molar-refractivity contribution in [3.8, 4) is 5.75 Å². The van der Waals surface area contributed by atoms with Gasteiger partial charge in [0, 0.05) is 5.56 Å². The second-order valence-electron chi connectivity index (χ2n) is 4.29.